The fraction of sp³-hybridized carbons (Fsp3) is 0. The Morgan fingerprint density at radius 3 is 2.62 bits per heavy atom. The van der Waals surface area contributed by atoms with Gasteiger partial charge in [0.25, 0.3) is 0 Å². The van der Waals surface area contributed by atoms with E-state index in [4.69, 9.17) is 11.6 Å². The van der Waals surface area contributed by atoms with Gasteiger partial charge in [-0.2, -0.15) is 0 Å². The Labute approximate surface area is 141 Å². The van der Waals surface area contributed by atoms with Crippen LogP contribution in [0.25, 0.3) is 16.9 Å². The van der Waals surface area contributed by atoms with Crippen LogP contribution in [0.1, 0.15) is 0 Å². The third kappa shape index (κ3) is 2.68. The van der Waals surface area contributed by atoms with Gasteiger partial charge in [-0.3, -0.25) is 4.57 Å². The van der Waals surface area contributed by atoms with Gasteiger partial charge in [-0.25, -0.2) is 19.3 Å². The van der Waals surface area contributed by atoms with Crippen molar-refractivity contribution < 1.29 is 4.39 Å². The minimum Gasteiger partial charge on any atom is -0.338 e. The molecule has 0 aliphatic rings. The third-order valence-corrected chi connectivity index (χ3v) is 3.76. The molecule has 5 nitrogen and oxygen atoms in total. The first-order valence-corrected chi connectivity index (χ1v) is 7.55. The van der Waals surface area contributed by atoms with E-state index in [0.29, 0.717) is 27.7 Å². The zero-order valence-electron chi connectivity index (χ0n) is 12.3. The van der Waals surface area contributed by atoms with E-state index in [9.17, 15) is 4.39 Å². The first kappa shape index (κ1) is 14.6. The van der Waals surface area contributed by atoms with E-state index in [1.165, 1.54) is 18.5 Å². The summed E-state index contributed by atoms with van der Waals surface area (Å²) in [6, 6.07) is 13.5. The monoisotopic (exact) mass is 339 g/mol. The topological polar surface area (TPSA) is 55.6 Å². The maximum absolute atomic E-state index is 13.0. The number of fused-ring (bicyclic) bond motifs is 1. The van der Waals surface area contributed by atoms with Crippen molar-refractivity contribution in [2.24, 2.45) is 0 Å². The van der Waals surface area contributed by atoms with E-state index in [0.717, 1.165) is 5.69 Å². The molecule has 0 spiro atoms. The fourth-order valence-electron chi connectivity index (χ4n) is 2.41. The standard InChI is InChI=1S/C17H11ClFN5/c18-11-2-1-3-14(8-11)24-10-22-15-16(20-9-21-17(15)24)23-13-6-4-12(19)5-7-13/h1-10H,(H,20,21,23). The van der Waals surface area contributed by atoms with Gasteiger partial charge in [0.1, 0.15) is 18.5 Å². The van der Waals surface area contributed by atoms with Crippen LogP contribution in [0.5, 0.6) is 0 Å². The Balaban J connectivity index is 1.77. The second-order valence-corrected chi connectivity index (χ2v) is 5.56. The van der Waals surface area contributed by atoms with Crippen LogP contribution in [0.2, 0.25) is 5.02 Å². The van der Waals surface area contributed by atoms with E-state index in [1.54, 1.807) is 24.5 Å². The van der Waals surface area contributed by atoms with Crippen LogP contribution in [0.4, 0.5) is 15.9 Å². The highest BCUT2D eigenvalue weighted by Crippen LogP contribution is 2.24. The van der Waals surface area contributed by atoms with Crippen LogP contribution in [0.15, 0.2) is 61.2 Å². The molecule has 0 radical (unpaired) electrons. The summed E-state index contributed by atoms with van der Waals surface area (Å²) in [6.07, 6.45) is 3.12. The fourth-order valence-corrected chi connectivity index (χ4v) is 2.60. The van der Waals surface area contributed by atoms with Gasteiger partial charge in [-0.1, -0.05) is 17.7 Å². The predicted octanol–water partition coefficient (Wildman–Crippen LogP) is 4.35. The first-order chi connectivity index (χ1) is 11.7. The normalized spacial score (nSPS) is 10.9. The number of nitrogens with one attached hydrogen (secondary N) is 1. The number of halogens is 2. The molecule has 2 aromatic carbocycles. The summed E-state index contributed by atoms with van der Waals surface area (Å²) in [5.74, 6) is 0.256. The summed E-state index contributed by atoms with van der Waals surface area (Å²) in [5.41, 5.74) is 2.84. The van der Waals surface area contributed by atoms with Crippen molar-refractivity contribution in [3.63, 3.8) is 0 Å². The molecule has 0 aliphatic heterocycles. The van der Waals surface area contributed by atoms with Crippen LogP contribution < -0.4 is 5.32 Å². The molecular weight excluding hydrogens is 329 g/mol. The highest BCUT2D eigenvalue weighted by atomic mass is 35.5. The number of hydrogen-bond donors (Lipinski definition) is 1. The zero-order valence-corrected chi connectivity index (χ0v) is 13.1. The number of imidazole rings is 1. The van der Waals surface area contributed by atoms with Crippen LogP contribution >= 0.6 is 11.6 Å². The van der Waals surface area contributed by atoms with E-state index in [2.05, 4.69) is 20.3 Å². The Bertz CT molecular complexity index is 1010. The van der Waals surface area contributed by atoms with E-state index < -0.39 is 0 Å². The quantitative estimate of drug-likeness (QED) is 0.603. The molecule has 4 rings (SSSR count). The van der Waals surface area contributed by atoms with Crippen molar-refractivity contribution in [1.29, 1.82) is 0 Å². The molecule has 4 aromatic rings. The molecule has 0 amide bonds. The molecule has 0 aliphatic carbocycles. The highest BCUT2D eigenvalue weighted by molar-refractivity contribution is 6.30. The van der Waals surface area contributed by atoms with Crippen molar-refractivity contribution in [3.8, 4) is 5.69 Å². The number of aromatic nitrogens is 4. The SMILES string of the molecule is Fc1ccc(Nc2ncnc3c2ncn3-c2cccc(Cl)c2)cc1. The molecule has 0 unspecified atom stereocenters. The van der Waals surface area contributed by atoms with Crippen molar-refractivity contribution in [2.45, 2.75) is 0 Å². The molecule has 0 saturated carbocycles. The maximum Gasteiger partial charge on any atom is 0.170 e. The van der Waals surface area contributed by atoms with Crippen LogP contribution in [0, 0.1) is 5.82 Å². The molecule has 0 atom stereocenters. The van der Waals surface area contributed by atoms with Gasteiger partial charge >= 0.3 is 0 Å². The Hall–Kier alpha value is -2.99. The number of benzene rings is 2. The van der Waals surface area contributed by atoms with Crippen LogP contribution in [0.3, 0.4) is 0 Å². The Morgan fingerprint density at radius 1 is 1.00 bits per heavy atom. The minimum absolute atomic E-state index is 0.293. The van der Waals surface area contributed by atoms with Gasteiger partial charge in [0.2, 0.25) is 0 Å². The molecule has 118 valence electrons. The summed E-state index contributed by atoms with van der Waals surface area (Å²) >= 11 is 6.05. The summed E-state index contributed by atoms with van der Waals surface area (Å²) in [5, 5.41) is 3.76. The molecular formula is C17H11ClFN5. The predicted molar refractivity (Wildman–Crippen MR) is 91.4 cm³/mol. The van der Waals surface area contributed by atoms with Crippen LogP contribution in [-0.2, 0) is 0 Å². The molecule has 0 bridgehead atoms. The van der Waals surface area contributed by atoms with E-state index in [-0.39, 0.29) is 5.82 Å². The van der Waals surface area contributed by atoms with Crippen LogP contribution in [-0.4, -0.2) is 19.5 Å². The zero-order chi connectivity index (χ0) is 16.5. The van der Waals surface area contributed by atoms with Crippen molar-refractivity contribution in [2.75, 3.05) is 5.32 Å². The van der Waals surface area contributed by atoms with Crippen molar-refractivity contribution in [3.05, 3.63) is 72.0 Å². The van der Waals surface area contributed by atoms with Crippen molar-refractivity contribution in [1.82, 2.24) is 19.5 Å². The summed E-state index contributed by atoms with van der Waals surface area (Å²) in [4.78, 5) is 12.9. The average Bonchev–Trinajstić information content (AvgIpc) is 3.02. The second kappa shape index (κ2) is 5.90. The van der Waals surface area contributed by atoms with Crippen molar-refractivity contribution >= 4 is 34.3 Å². The maximum atomic E-state index is 13.0. The Morgan fingerprint density at radius 2 is 1.83 bits per heavy atom. The first-order valence-electron chi connectivity index (χ1n) is 7.17. The third-order valence-electron chi connectivity index (χ3n) is 3.53. The molecule has 0 saturated heterocycles. The number of anilines is 2. The number of nitrogens with zero attached hydrogens (tertiary/aromatic N) is 4. The van der Waals surface area contributed by atoms with E-state index >= 15 is 0 Å². The lowest BCUT2D eigenvalue weighted by atomic mass is 10.3. The smallest absolute Gasteiger partial charge is 0.170 e. The lowest BCUT2D eigenvalue weighted by Crippen LogP contribution is -1.98. The largest absolute Gasteiger partial charge is 0.338 e. The second-order valence-electron chi connectivity index (χ2n) is 5.12. The molecule has 1 N–H and O–H groups in total. The lowest BCUT2D eigenvalue weighted by Gasteiger charge is -2.07. The summed E-state index contributed by atoms with van der Waals surface area (Å²) in [6.45, 7) is 0. The minimum atomic E-state index is -0.293. The number of hydrogen-bond acceptors (Lipinski definition) is 4. The molecule has 2 aromatic heterocycles. The summed E-state index contributed by atoms with van der Waals surface area (Å²) in [7, 11) is 0. The van der Waals surface area contributed by atoms with Gasteiger partial charge in [0.15, 0.2) is 17.0 Å². The Kier molecular flexibility index (Phi) is 3.59. The van der Waals surface area contributed by atoms with Gasteiger partial charge in [0, 0.05) is 10.7 Å². The molecule has 0 fully saturated rings. The molecule has 2 heterocycles. The molecule has 7 heteroatoms. The van der Waals surface area contributed by atoms with E-state index in [1.807, 2.05) is 22.8 Å². The summed E-state index contributed by atoms with van der Waals surface area (Å²) < 4.78 is 14.9. The van der Waals surface area contributed by atoms with Gasteiger partial charge in [-0.05, 0) is 42.5 Å². The van der Waals surface area contributed by atoms with Gasteiger partial charge in [-0.15, -0.1) is 0 Å². The lowest BCUT2D eigenvalue weighted by molar-refractivity contribution is 0.628. The van der Waals surface area contributed by atoms with Gasteiger partial charge in [0.05, 0.1) is 5.69 Å². The molecule has 24 heavy (non-hydrogen) atoms. The number of rotatable bonds is 3. The average molecular weight is 340 g/mol. The van der Waals surface area contributed by atoms with Gasteiger partial charge < -0.3 is 5.32 Å². The highest BCUT2D eigenvalue weighted by Gasteiger charge is 2.11.